The van der Waals surface area contributed by atoms with E-state index in [1.54, 1.807) is 6.08 Å². The van der Waals surface area contributed by atoms with Gasteiger partial charge >= 0.3 is 0 Å². The molecule has 0 bridgehead atoms. The van der Waals surface area contributed by atoms with E-state index in [9.17, 15) is 0 Å². The molecule has 0 heterocycles. The van der Waals surface area contributed by atoms with Gasteiger partial charge in [-0.2, -0.15) is 11.8 Å². The van der Waals surface area contributed by atoms with Gasteiger partial charge in [-0.1, -0.05) is 42.5 Å². The zero-order valence-corrected chi connectivity index (χ0v) is 9.04. The number of aliphatic hydroxyl groups is 1. The smallest absolute Gasteiger partial charge is 0.0612 e. The molecular formula is C12H16OS. The topological polar surface area (TPSA) is 20.2 Å². The molecule has 1 nitrogen and oxygen atoms in total. The largest absolute Gasteiger partial charge is 0.392 e. The molecule has 0 saturated carbocycles. The summed E-state index contributed by atoms with van der Waals surface area (Å²) in [5, 5.41) is 8.50. The summed E-state index contributed by atoms with van der Waals surface area (Å²) in [6.45, 7) is 0.152. The highest BCUT2D eigenvalue weighted by atomic mass is 32.2. The van der Waals surface area contributed by atoms with Crippen molar-refractivity contribution in [2.75, 3.05) is 18.1 Å². The zero-order chi connectivity index (χ0) is 10.1. The highest BCUT2D eigenvalue weighted by molar-refractivity contribution is 7.99. The average molecular weight is 208 g/mol. The van der Waals surface area contributed by atoms with E-state index in [1.165, 1.54) is 5.56 Å². The summed E-state index contributed by atoms with van der Waals surface area (Å²) >= 11 is 1.89. The summed E-state index contributed by atoms with van der Waals surface area (Å²) < 4.78 is 0. The van der Waals surface area contributed by atoms with Crippen LogP contribution in [0.4, 0.5) is 0 Å². The lowest BCUT2D eigenvalue weighted by atomic mass is 10.2. The van der Waals surface area contributed by atoms with Gasteiger partial charge in [0.25, 0.3) is 0 Å². The van der Waals surface area contributed by atoms with Crippen LogP contribution < -0.4 is 0 Å². The van der Waals surface area contributed by atoms with Crippen molar-refractivity contribution in [2.24, 2.45) is 0 Å². The molecular weight excluding hydrogens is 192 g/mol. The van der Waals surface area contributed by atoms with Crippen molar-refractivity contribution in [1.82, 2.24) is 0 Å². The van der Waals surface area contributed by atoms with Gasteiger partial charge in [-0.15, -0.1) is 0 Å². The van der Waals surface area contributed by atoms with Crippen LogP contribution in [0.15, 0.2) is 42.5 Å². The molecule has 0 saturated heterocycles. The molecule has 1 aromatic rings. The van der Waals surface area contributed by atoms with E-state index in [-0.39, 0.29) is 6.61 Å². The van der Waals surface area contributed by atoms with E-state index in [1.807, 2.05) is 23.9 Å². The third kappa shape index (κ3) is 5.10. The summed E-state index contributed by atoms with van der Waals surface area (Å²) in [6.07, 6.45) is 4.92. The van der Waals surface area contributed by atoms with Crippen LogP contribution in [-0.2, 0) is 6.42 Å². The number of benzene rings is 1. The van der Waals surface area contributed by atoms with Crippen LogP contribution in [0, 0.1) is 0 Å². The maximum absolute atomic E-state index is 8.50. The predicted octanol–water partition coefficient (Wildman–Crippen LogP) is 2.51. The van der Waals surface area contributed by atoms with Gasteiger partial charge in [-0.25, -0.2) is 0 Å². The number of rotatable bonds is 6. The fraction of sp³-hybridized carbons (Fsp3) is 0.333. The molecule has 0 unspecified atom stereocenters. The second kappa shape index (κ2) is 7.65. The Morgan fingerprint density at radius 1 is 1.14 bits per heavy atom. The molecule has 0 aliphatic rings. The maximum atomic E-state index is 8.50. The molecule has 0 fully saturated rings. The van der Waals surface area contributed by atoms with Crippen molar-refractivity contribution in [2.45, 2.75) is 6.42 Å². The predicted molar refractivity (Wildman–Crippen MR) is 63.7 cm³/mol. The minimum Gasteiger partial charge on any atom is -0.392 e. The monoisotopic (exact) mass is 208 g/mol. The third-order valence-corrected chi connectivity index (χ3v) is 2.79. The van der Waals surface area contributed by atoms with Crippen LogP contribution in [0.25, 0.3) is 0 Å². The van der Waals surface area contributed by atoms with Crippen molar-refractivity contribution in [3.05, 3.63) is 48.0 Å². The highest BCUT2D eigenvalue weighted by Crippen LogP contribution is 2.06. The molecule has 1 aromatic carbocycles. The SMILES string of the molecule is OC/C=C/CSCCc1ccccc1. The molecule has 0 spiro atoms. The second-order valence-corrected chi connectivity index (χ2v) is 4.11. The van der Waals surface area contributed by atoms with Crippen LogP contribution in [0.5, 0.6) is 0 Å². The van der Waals surface area contributed by atoms with E-state index in [4.69, 9.17) is 5.11 Å². The van der Waals surface area contributed by atoms with Crippen molar-refractivity contribution in [3.63, 3.8) is 0 Å². The molecule has 0 atom stereocenters. The van der Waals surface area contributed by atoms with Crippen LogP contribution in [0.1, 0.15) is 5.56 Å². The molecule has 0 aromatic heterocycles. The standard InChI is InChI=1S/C12H16OS/c13-9-4-5-10-14-11-8-12-6-2-1-3-7-12/h1-7,13H,8-11H2/b5-4+. The molecule has 0 aliphatic carbocycles. The van der Waals surface area contributed by atoms with Gasteiger partial charge in [0.15, 0.2) is 0 Å². The number of aryl methyl sites for hydroxylation is 1. The van der Waals surface area contributed by atoms with E-state index in [2.05, 4.69) is 24.3 Å². The number of thioether (sulfide) groups is 1. The molecule has 2 heteroatoms. The van der Waals surface area contributed by atoms with Crippen LogP contribution in [0.2, 0.25) is 0 Å². The summed E-state index contributed by atoms with van der Waals surface area (Å²) in [6, 6.07) is 10.5. The maximum Gasteiger partial charge on any atom is 0.0612 e. The van der Waals surface area contributed by atoms with E-state index < -0.39 is 0 Å². The molecule has 14 heavy (non-hydrogen) atoms. The molecule has 76 valence electrons. The van der Waals surface area contributed by atoms with Crippen molar-refractivity contribution in [1.29, 1.82) is 0 Å². The molecule has 1 rings (SSSR count). The third-order valence-electron chi connectivity index (χ3n) is 1.86. The van der Waals surface area contributed by atoms with Gasteiger partial charge in [0.1, 0.15) is 0 Å². The fourth-order valence-corrected chi connectivity index (χ4v) is 1.95. The lowest BCUT2D eigenvalue weighted by molar-refractivity contribution is 0.342. The average Bonchev–Trinajstić information content (AvgIpc) is 2.25. The van der Waals surface area contributed by atoms with Gasteiger partial charge in [0.05, 0.1) is 6.61 Å². The summed E-state index contributed by atoms with van der Waals surface area (Å²) in [5.41, 5.74) is 1.39. The number of hydrogen-bond donors (Lipinski definition) is 1. The van der Waals surface area contributed by atoms with Crippen molar-refractivity contribution in [3.8, 4) is 0 Å². The minimum absolute atomic E-state index is 0.152. The van der Waals surface area contributed by atoms with Gasteiger partial charge in [0.2, 0.25) is 0 Å². The van der Waals surface area contributed by atoms with Crippen LogP contribution in [-0.4, -0.2) is 23.2 Å². The first-order valence-electron chi connectivity index (χ1n) is 4.81. The minimum atomic E-state index is 0.152. The fourth-order valence-electron chi connectivity index (χ4n) is 1.13. The van der Waals surface area contributed by atoms with E-state index in [0.717, 1.165) is 17.9 Å². The molecule has 0 radical (unpaired) electrons. The first-order valence-corrected chi connectivity index (χ1v) is 5.96. The van der Waals surface area contributed by atoms with Gasteiger partial charge in [-0.05, 0) is 17.7 Å². The Morgan fingerprint density at radius 2 is 1.93 bits per heavy atom. The Bertz CT molecular complexity index is 256. The first-order chi connectivity index (χ1) is 6.93. The lowest BCUT2D eigenvalue weighted by Crippen LogP contribution is -1.88. The Hall–Kier alpha value is -0.730. The second-order valence-electron chi connectivity index (χ2n) is 2.96. The normalized spacial score (nSPS) is 10.9. The lowest BCUT2D eigenvalue weighted by Gasteiger charge is -1.99. The molecule has 0 aliphatic heterocycles. The summed E-state index contributed by atoms with van der Waals surface area (Å²) in [5.74, 6) is 2.13. The van der Waals surface area contributed by atoms with E-state index in [0.29, 0.717) is 0 Å². The summed E-state index contributed by atoms with van der Waals surface area (Å²) in [4.78, 5) is 0. The van der Waals surface area contributed by atoms with E-state index >= 15 is 0 Å². The van der Waals surface area contributed by atoms with Gasteiger partial charge in [-0.3, -0.25) is 0 Å². The van der Waals surface area contributed by atoms with Crippen LogP contribution in [0.3, 0.4) is 0 Å². The Balaban J connectivity index is 2.07. The number of hydrogen-bond acceptors (Lipinski definition) is 2. The highest BCUT2D eigenvalue weighted by Gasteiger charge is 1.90. The zero-order valence-electron chi connectivity index (χ0n) is 8.23. The van der Waals surface area contributed by atoms with Crippen LogP contribution >= 0.6 is 11.8 Å². The number of aliphatic hydroxyl groups excluding tert-OH is 1. The quantitative estimate of drug-likeness (QED) is 0.572. The first kappa shape index (κ1) is 11.3. The molecule has 1 N–H and O–H groups in total. The van der Waals surface area contributed by atoms with Crippen molar-refractivity contribution >= 4 is 11.8 Å². The Labute approximate surface area is 89.8 Å². The summed E-state index contributed by atoms with van der Waals surface area (Å²) in [7, 11) is 0. The Kier molecular flexibility index (Phi) is 6.20. The molecule has 0 amide bonds. The van der Waals surface area contributed by atoms with Crippen molar-refractivity contribution < 1.29 is 5.11 Å². The Morgan fingerprint density at radius 3 is 2.64 bits per heavy atom. The van der Waals surface area contributed by atoms with Gasteiger partial charge in [0, 0.05) is 5.75 Å². The van der Waals surface area contributed by atoms with Gasteiger partial charge < -0.3 is 5.11 Å².